The number of methoxy groups -OCH3 is 3. The van der Waals surface area contributed by atoms with Crippen LogP contribution in [0.15, 0.2) is 66.7 Å². The zero-order valence-electron chi connectivity index (χ0n) is 23.3. The van der Waals surface area contributed by atoms with Crippen molar-refractivity contribution in [2.45, 2.75) is 18.9 Å². The van der Waals surface area contributed by atoms with E-state index < -0.39 is 29.1 Å². The molecule has 1 spiro atoms. The number of benzene rings is 3. The summed E-state index contributed by atoms with van der Waals surface area (Å²) in [7, 11) is 4.12. The molecule has 2 aliphatic rings. The minimum atomic E-state index is -1.91. The van der Waals surface area contributed by atoms with E-state index in [-0.39, 0.29) is 45.5 Å². The summed E-state index contributed by atoms with van der Waals surface area (Å²) in [5, 5.41) is 0.0696. The van der Waals surface area contributed by atoms with Crippen LogP contribution in [0.25, 0.3) is 22.3 Å². The summed E-state index contributed by atoms with van der Waals surface area (Å²) in [5.41, 5.74) is 1.94. The fourth-order valence-corrected chi connectivity index (χ4v) is 6.09. The number of ether oxygens (including phenoxy) is 4. The Kier molecular flexibility index (Phi) is 6.74. The van der Waals surface area contributed by atoms with Gasteiger partial charge < -0.3 is 18.9 Å². The van der Waals surface area contributed by atoms with Crippen LogP contribution in [0.2, 0.25) is 5.02 Å². The van der Waals surface area contributed by atoms with Gasteiger partial charge in [0.05, 0.1) is 32.6 Å². The zero-order chi connectivity index (χ0) is 29.8. The third-order valence-corrected chi connectivity index (χ3v) is 8.33. The van der Waals surface area contributed by atoms with Crippen LogP contribution in [0.5, 0.6) is 17.2 Å². The van der Waals surface area contributed by atoms with Crippen LogP contribution in [-0.2, 0) is 11.2 Å². The van der Waals surface area contributed by atoms with Gasteiger partial charge in [-0.05, 0) is 34.7 Å². The van der Waals surface area contributed by atoms with Crippen molar-refractivity contribution in [3.05, 3.63) is 94.3 Å². The molecule has 2 atom stereocenters. The Hall–Kier alpha value is -4.69. The molecule has 42 heavy (non-hydrogen) atoms. The smallest absolute Gasteiger partial charge is 0.356 e. The number of rotatable bonds is 5. The Bertz CT molecular complexity index is 1770. The molecular formula is C33H26ClNO7. The number of aromatic nitrogens is 1. The number of hydrogen-bond donors (Lipinski definition) is 0. The van der Waals surface area contributed by atoms with Crippen molar-refractivity contribution in [2.24, 2.45) is 5.92 Å². The molecule has 0 amide bonds. The lowest BCUT2D eigenvalue weighted by Gasteiger charge is -2.37. The molecule has 0 bridgehead atoms. The summed E-state index contributed by atoms with van der Waals surface area (Å²) < 4.78 is 22.1. The minimum absolute atomic E-state index is 0.0365. The van der Waals surface area contributed by atoms with Crippen molar-refractivity contribution in [3.63, 3.8) is 0 Å². The molecule has 0 radical (unpaired) electrons. The topological polar surface area (TPSA) is 101 Å². The molecule has 1 aromatic heterocycles. The van der Waals surface area contributed by atoms with Gasteiger partial charge in [-0.15, -0.1) is 0 Å². The van der Waals surface area contributed by atoms with Crippen molar-refractivity contribution < 1.29 is 33.3 Å². The van der Waals surface area contributed by atoms with Crippen molar-refractivity contribution in [3.8, 4) is 39.5 Å². The number of hydrogen-bond acceptors (Lipinski definition) is 8. The monoisotopic (exact) mass is 583 g/mol. The fourth-order valence-electron chi connectivity index (χ4n) is 5.83. The number of esters is 1. The molecule has 3 aromatic carbocycles. The van der Waals surface area contributed by atoms with Gasteiger partial charge in [0.25, 0.3) is 0 Å². The highest BCUT2D eigenvalue weighted by Crippen LogP contribution is 2.54. The molecule has 6 rings (SSSR count). The summed E-state index contributed by atoms with van der Waals surface area (Å²) in [4.78, 5) is 45.9. The highest BCUT2D eigenvalue weighted by Gasteiger charge is 2.62. The van der Waals surface area contributed by atoms with E-state index in [0.717, 1.165) is 11.1 Å². The highest BCUT2D eigenvalue weighted by atomic mass is 35.5. The first kappa shape index (κ1) is 27.5. The number of Topliss-reactive ketones (excluding diaryl/α,β-unsaturated/α-hetero) is 2. The molecule has 2 heterocycles. The van der Waals surface area contributed by atoms with Gasteiger partial charge in [-0.1, -0.05) is 73.1 Å². The maximum Gasteiger partial charge on any atom is 0.356 e. The van der Waals surface area contributed by atoms with E-state index in [2.05, 4.69) is 4.98 Å². The maximum atomic E-state index is 14.6. The molecule has 8 nitrogen and oxygen atoms in total. The lowest BCUT2D eigenvalue weighted by molar-refractivity contribution is 0.0256. The summed E-state index contributed by atoms with van der Waals surface area (Å²) in [6.45, 7) is 1.74. The number of pyridine rings is 1. The van der Waals surface area contributed by atoms with Crippen molar-refractivity contribution in [1.82, 2.24) is 4.98 Å². The van der Waals surface area contributed by atoms with Gasteiger partial charge in [0.15, 0.2) is 5.75 Å². The number of ketones is 2. The van der Waals surface area contributed by atoms with Crippen LogP contribution >= 0.6 is 11.6 Å². The fraction of sp³-hybridized carbons (Fsp3) is 0.212. The Morgan fingerprint density at radius 1 is 0.881 bits per heavy atom. The van der Waals surface area contributed by atoms with E-state index in [1.807, 2.05) is 54.6 Å². The Labute approximate surface area is 247 Å². The third kappa shape index (κ3) is 3.97. The van der Waals surface area contributed by atoms with Crippen LogP contribution in [-0.4, -0.2) is 49.5 Å². The van der Waals surface area contributed by atoms with E-state index in [9.17, 15) is 14.4 Å². The molecule has 0 fully saturated rings. The second-order valence-electron chi connectivity index (χ2n) is 10.2. The van der Waals surface area contributed by atoms with Gasteiger partial charge in [-0.3, -0.25) is 9.59 Å². The van der Waals surface area contributed by atoms with Gasteiger partial charge in [-0.2, -0.15) is 0 Å². The van der Waals surface area contributed by atoms with Crippen molar-refractivity contribution in [1.29, 1.82) is 0 Å². The maximum absolute atomic E-state index is 14.6. The number of carbonyl (C=O) groups is 3. The number of nitrogens with zero attached hydrogens (tertiary/aromatic N) is 1. The van der Waals surface area contributed by atoms with Crippen LogP contribution in [0.3, 0.4) is 0 Å². The third-order valence-electron chi connectivity index (χ3n) is 7.97. The van der Waals surface area contributed by atoms with E-state index in [1.54, 1.807) is 6.92 Å². The van der Waals surface area contributed by atoms with E-state index >= 15 is 0 Å². The Morgan fingerprint density at radius 2 is 1.50 bits per heavy atom. The van der Waals surface area contributed by atoms with Crippen molar-refractivity contribution in [2.75, 3.05) is 21.3 Å². The van der Waals surface area contributed by atoms with Crippen LogP contribution in [0.4, 0.5) is 0 Å². The molecule has 1 aliphatic heterocycles. The van der Waals surface area contributed by atoms with Gasteiger partial charge in [0.1, 0.15) is 27.8 Å². The number of halogens is 1. The number of carbonyl (C=O) groups excluding carboxylic acids is 3. The zero-order valence-corrected chi connectivity index (χ0v) is 24.1. The molecule has 1 aliphatic carbocycles. The minimum Gasteiger partial charge on any atom is -0.496 e. The predicted octanol–water partition coefficient (Wildman–Crippen LogP) is 6.26. The molecule has 9 heteroatoms. The molecule has 0 saturated heterocycles. The molecule has 0 saturated carbocycles. The first-order valence-corrected chi connectivity index (χ1v) is 13.6. The van der Waals surface area contributed by atoms with Gasteiger partial charge in [0, 0.05) is 12.0 Å². The Balaban J connectivity index is 1.53. The van der Waals surface area contributed by atoms with E-state index in [4.69, 9.17) is 30.5 Å². The van der Waals surface area contributed by atoms with Gasteiger partial charge >= 0.3 is 5.97 Å². The normalized spacial score (nSPS) is 18.7. The second-order valence-corrected chi connectivity index (χ2v) is 10.6. The summed E-state index contributed by atoms with van der Waals surface area (Å²) >= 11 is 6.58. The average Bonchev–Trinajstić information content (AvgIpc) is 3.34. The van der Waals surface area contributed by atoms with Gasteiger partial charge in [0.2, 0.25) is 17.2 Å². The quantitative estimate of drug-likeness (QED) is 0.200. The molecular weight excluding hydrogens is 558 g/mol. The molecule has 0 N–H and O–H groups in total. The summed E-state index contributed by atoms with van der Waals surface area (Å²) in [6.07, 6.45) is 0.178. The van der Waals surface area contributed by atoms with E-state index in [0.29, 0.717) is 16.8 Å². The lowest BCUT2D eigenvalue weighted by Crippen LogP contribution is -2.57. The average molecular weight is 584 g/mol. The van der Waals surface area contributed by atoms with Crippen molar-refractivity contribution >= 4 is 29.1 Å². The first-order chi connectivity index (χ1) is 20.2. The first-order valence-electron chi connectivity index (χ1n) is 13.3. The van der Waals surface area contributed by atoms with Crippen LogP contribution in [0, 0.1) is 5.92 Å². The lowest BCUT2D eigenvalue weighted by atomic mass is 9.69. The SMILES string of the molecule is COC(=O)c1cc(-c2ccc(-c3ccccc3)cc2)c2c(n1)C[C@@H](C)[C@]1(Oc3c(Cl)c(OC)cc(OC)c3C1=O)C2=O. The van der Waals surface area contributed by atoms with E-state index in [1.165, 1.54) is 33.5 Å². The second kappa shape index (κ2) is 10.3. The molecule has 4 aromatic rings. The van der Waals surface area contributed by atoms with Gasteiger partial charge in [-0.25, -0.2) is 9.78 Å². The van der Waals surface area contributed by atoms with Crippen LogP contribution in [0.1, 0.15) is 43.8 Å². The molecule has 0 unspecified atom stereocenters. The standard InChI is InChI=1S/C33H26ClNO7/c1-17-14-22-26(30(36)33(17)31(37)27-24(39-2)16-25(40-3)28(34)29(27)42-33)21(15-23(35-22)32(38)41-4)20-12-10-19(11-13-20)18-8-6-5-7-9-18/h5-13,15-17H,14H2,1-4H3/t17-,33+/m1/s1. The Morgan fingerprint density at radius 3 is 2.14 bits per heavy atom. The summed E-state index contributed by atoms with van der Waals surface area (Å²) in [5.74, 6) is -1.94. The number of fused-ring (bicyclic) bond motifs is 2. The highest BCUT2D eigenvalue weighted by molar-refractivity contribution is 6.36. The predicted molar refractivity (Wildman–Crippen MR) is 156 cm³/mol. The summed E-state index contributed by atoms with van der Waals surface area (Å²) in [6, 6.07) is 20.5. The largest absolute Gasteiger partial charge is 0.496 e. The van der Waals surface area contributed by atoms with Crippen LogP contribution < -0.4 is 14.2 Å². The molecule has 212 valence electrons.